The largest absolute Gasteiger partial charge is 0.351 e. The lowest BCUT2D eigenvalue weighted by atomic mass is 10.2. The molecule has 0 atom stereocenters. The molecule has 26 heavy (non-hydrogen) atoms. The molecule has 1 amide bonds. The van der Waals surface area contributed by atoms with Gasteiger partial charge in [0, 0.05) is 31.7 Å². The first-order valence-corrected chi connectivity index (χ1v) is 9.36. The molecule has 0 unspecified atom stereocenters. The monoisotopic (exact) mass is 351 g/mol. The Morgan fingerprint density at radius 3 is 2.73 bits per heavy atom. The number of carbonyl (C=O) groups is 1. The van der Waals surface area contributed by atoms with Crippen molar-refractivity contribution < 1.29 is 4.79 Å². The number of aromatic nitrogens is 2. The van der Waals surface area contributed by atoms with E-state index in [1.807, 2.05) is 25.2 Å². The Kier molecular flexibility index (Phi) is 4.49. The molecule has 1 N–H and O–H groups in total. The summed E-state index contributed by atoms with van der Waals surface area (Å²) in [6, 6.07) is 8.56. The Balaban J connectivity index is 1.72. The zero-order valence-corrected chi connectivity index (χ0v) is 15.4. The van der Waals surface area contributed by atoms with E-state index in [9.17, 15) is 4.79 Å². The van der Waals surface area contributed by atoms with Crippen LogP contribution < -0.4 is 15.1 Å². The van der Waals surface area contributed by atoms with Crippen molar-refractivity contribution in [2.24, 2.45) is 0 Å². The quantitative estimate of drug-likeness (QED) is 0.915. The number of anilines is 4. The molecular weight excluding hydrogens is 326 g/mol. The second kappa shape index (κ2) is 6.94. The Bertz CT molecular complexity index is 816. The fourth-order valence-corrected chi connectivity index (χ4v) is 3.90. The van der Waals surface area contributed by atoms with Gasteiger partial charge in [0.05, 0.1) is 6.20 Å². The summed E-state index contributed by atoms with van der Waals surface area (Å²) in [5, 5.41) is 3.33. The number of para-hydroxylation sites is 1. The van der Waals surface area contributed by atoms with Crippen LogP contribution in [-0.2, 0) is 4.79 Å². The molecule has 0 radical (unpaired) electrons. The van der Waals surface area contributed by atoms with Crippen LogP contribution in [0.1, 0.15) is 37.7 Å². The van der Waals surface area contributed by atoms with Gasteiger partial charge < -0.3 is 15.1 Å². The number of aryl methyl sites for hydroxylation is 1. The van der Waals surface area contributed by atoms with E-state index in [1.165, 1.54) is 25.7 Å². The minimum atomic E-state index is 0.120. The number of fused-ring (bicyclic) bond motifs is 1. The van der Waals surface area contributed by atoms with Crippen LogP contribution in [0.5, 0.6) is 0 Å². The number of carbonyl (C=O) groups excluding carboxylic acids is 1. The Labute approximate surface area is 154 Å². The van der Waals surface area contributed by atoms with Gasteiger partial charge in [-0.25, -0.2) is 4.98 Å². The number of rotatable bonds is 3. The van der Waals surface area contributed by atoms with Crippen molar-refractivity contribution in [3.63, 3.8) is 0 Å². The lowest BCUT2D eigenvalue weighted by molar-refractivity contribution is -0.118. The van der Waals surface area contributed by atoms with Gasteiger partial charge in [0.2, 0.25) is 11.9 Å². The van der Waals surface area contributed by atoms with Gasteiger partial charge in [0.1, 0.15) is 5.69 Å². The molecule has 4 rings (SSSR count). The lowest BCUT2D eigenvalue weighted by Crippen LogP contribution is -2.34. The molecule has 1 aliphatic heterocycles. The highest BCUT2D eigenvalue weighted by molar-refractivity contribution is 5.97. The van der Waals surface area contributed by atoms with Crippen LogP contribution in [0.25, 0.3) is 0 Å². The molecule has 2 aliphatic rings. The van der Waals surface area contributed by atoms with Crippen LogP contribution in [0.4, 0.5) is 23.1 Å². The van der Waals surface area contributed by atoms with E-state index in [2.05, 4.69) is 28.2 Å². The van der Waals surface area contributed by atoms with Crippen LogP contribution in [0.3, 0.4) is 0 Å². The topological polar surface area (TPSA) is 61.4 Å². The number of benzene rings is 1. The van der Waals surface area contributed by atoms with Crippen molar-refractivity contribution in [2.45, 2.75) is 45.1 Å². The van der Waals surface area contributed by atoms with Crippen LogP contribution in [-0.4, -0.2) is 35.5 Å². The van der Waals surface area contributed by atoms with E-state index in [0.717, 1.165) is 29.3 Å². The number of hydrogen-bond donors (Lipinski definition) is 1. The van der Waals surface area contributed by atoms with Crippen LogP contribution >= 0.6 is 0 Å². The molecule has 2 heterocycles. The molecular formula is C20H25N5O. The van der Waals surface area contributed by atoms with Gasteiger partial charge in [-0.1, -0.05) is 31.0 Å². The lowest BCUT2D eigenvalue weighted by Gasteiger charge is -2.30. The maximum absolute atomic E-state index is 12.4. The fourth-order valence-electron chi connectivity index (χ4n) is 3.90. The van der Waals surface area contributed by atoms with E-state index >= 15 is 0 Å². The molecule has 0 spiro atoms. The predicted octanol–water partition coefficient (Wildman–Crippen LogP) is 3.64. The molecule has 1 aliphatic carbocycles. The summed E-state index contributed by atoms with van der Waals surface area (Å²) >= 11 is 0. The average Bonchev–Trinajstić information content (AvgIpc) is 3.14. The third-order valence-corrected chi connectivity index (χ3v) is 5.48. The van der Waals surface area contributed by atoms with Crippen molar-refractivity contribution in [3.8, 4) is 0 Å². The summed E-state index contributed by atoms with van der Waals surface area (Å²) in [6.07, 6.45) is 7.13. The van der Waals surface area contributed by atoms with E-state index in [-0.39, 0.29) is 5.91 Å². The van der Waals surface area contributed by atoms with Gasteiger partial charge in [-0.15, -0.1) is 0 Å². The predicted molar refractivity (Wildman–Crippen MR) is 104 cm³/mol. The minimum Gasteiger partial charge on any atom is -0.351 e. The molecule has 6 heteroatoms. The van der Waals surface area contributed by atoms with Gasteiger partial charge in [-0.3, -0.25) is 4.79 Å². The average molecular weight is 351 g/mol. The normalized spacial score (nSPS) is 18.0. The molecule has 1 aromatic carbocycles. The zero-order chi connectivity index (χ0) is 18.1. The molecule has 2 aromatic rings. The summed E-state index contributed by atoms with van der Waals surface area (Å²) in [6.45, 7) is 2.78. The van der Waals surface area contributed by atoms with Crippen molar-refractivity contribution in [1.29, 1.82) is 0 Å². The number of nitrogens with one attached hydrogen (secondary N) is 1. The number of nitrogens with zero attached hydrogens (tertiary/aromatic N) is 4. The van der Waals surface area contributed by atoms with Crippen molar-refractivity contribution in [2.75, 3.05) is 28.7 Å². The summed E-state index contributed by atoms with van der Waals surface area (Å²) in [5.41, 5.74) is 2.94. The third kappa shape index (κ3) is 3.11. The summed E-state index contributed by atoms with van der Waals surface area (Å²) in [7, 11) is 1.82. The third-order valence-electron chi connectivity index (χ3n) is 5.48. The summed E-state index contributed by atoms with van der Waals surface area (Å²) in [4.78, 5) is 25.7. The van der Waals surface area contributed by atoms with Crippen LogP contribution in [0.2, 0.25) is 0 Å². The highest BCUT2D eigenvalue weighted by Crippen LogP contribution is 2.36. The number of hydrogen-bond acceptors (Lipinski definition) is 5. The van der Waals surface area contributed by atoms with E-state index in [1.54, 1.807) is 11.1 Å². The number of amides is 1. The van der Waals surface area contributed by atoms with Gasteiger partial charge >= 0.3 is 0 Å². The molecule has 0 saturated heterocycles. The first kappa shape index (κ1) is 16.8. The molecule has 1 aromatic heterocycles. The highest BCUT2D eigenvalue weighted by atomic mass is 16.2. The van der Waals surface area contributed by atoms with E-state index in [4.69, 9.17) is 4.98 Å². The maximum Gasteiger partial charge on any atom is 0.229 e. The second-order valence-corrected chi connectivity index (χ2v) is 7.18. The smallest absolute Gasteiger partial charge is 0.229 e. The second-order valence-electron chi connectivity index (χ2n) is 7.18. The maximum atomic E-state index is 12.4. The Hall–Kier alpha value is -2.63. The van der Waals surface area contributed by atoms with Crippen molar-refractivity contribution in [1.82, 2.24) is 9.97 Å². The minimum absolute atomic E-state index is 0.120. The van der Waals surface area contributed by atoms with E-state index < -0.39 is 0 Å². The van der Waals surface area contributed by atoms with Crippen LogP contribution in [0.15, 0.2) is 30.5 Å². The summed E-state index contributed by atoms with van der Waals surface area (Å²) < 4.78 is 0. The molecule has 1 fully saturated rings. The van der Waals surface area contributed by atoms with Gasteiger partial charge in [0.15, 0.2) is 5.82 Å². The van der Waals surface area contributed by atoms with E-state index in [0.29, 0.717) is 18.4 Å². The molecule has 0 bridgehead atoms. The summed E-state index contributed by atoms with van der Waals surface area (Å²) in [5.74, 6) is 1.56. The van der Waals surface area contributed by atoms with Crippen molar-refractivity contribution in [3.05, 3.63) is 36.0 Å². The van der Waals surface area contributed by atoms with Gasteiger partial charge in [-0.05, 0) is 31.4 Å². The van der Waals surface area contributed by atoms with Crippen LogP contribution in [0, 0.1) is 6.92 Å². The fraction of sp³-hybridized carbons (Fsp3) is 0.450. The molecule has 6 nitrogen and oxygen atoms in total. The SMILES string of the molecule is Cc1ccccc1Nc1ncc2c(n1)N(C1CCCC1)CCC(=O)N2C. The Morgan fingerprint density at radius 1 is 1.19 bits per heavy atom. The first-order chi connectivity index (χ1) is 12.6. The zero-order valence-electron chi connectivity index (χ0n) is 15.4. The molecule has 136 valence electrons. The standard InChI is InChI=1S/C20H25N5O/c1-14-7-3-6-10-16(14)22-20-21-13-17-19(23-20)25(15-8-4-5-9-15)12-11-18(26)24(17)2/h3,6-7,10,13,15H,4-5,8-9,11-12H2,1-2H3,(H,21,22,23). The highest BCUT2D eigenvalue weighted by Gasteiger charge is 2.31. The Morgan fingerprint density at radius 2 is 1.96 bits per heavy atom. The van der Waals surface area contributed by atoms with Gasteiger partial charge in [-0.2, -0.15) is 4.98 Å². The van der Waals surface area contributed by atoms with Crippen molar-refractivity contribution >= 4 is 29.0 Å². The van der Waals surface area contributed by atoms with Gasteiger partial charge in [0.25, 0.3) is 0 Å². The molecule has 1 saturated carbocycles. The first-order valence-electron chi connectivity index (χ1n) is 9.36.